The van der Waals surface area contributed by atoms with E-state index in [0.717, 1.165) is 19.1 Å². The maximum Gasteiger partial charge on any atom is 0.119 e. The molecule has 0 aromatic rings. The van der Waals surface area contributed by atoms with Gasteiger partial charge in [-0.15, -0.1) is 0 Å². The number of rotatable bonds is 8. The number of allylic oxidation sites excluding steroid dienone is 2. The van der Waals surface area contributed by atoms with Crippen LogP contribution in [0.3, 0.4) is 0 Å². The Morgan fingerprint density at radius 3 is 2.60 bits per heavy atom. The molecule has 1 aliphatic carbocycles. The average Bonchev–Trinajstić information content (AvgIpc) is 2.29. The zero-order valence-electron chi connectivity index (χ0n) is 9.84. The summed E-state index contributed by atoms with van der Waals surface area (Å²) in [6.07, 6.45) is 17.4. The van der Waals surface area contributed by atoms with Gasteiger partial charge < -0.3 is 4.79 Å². The van der Waals surface area contributed by atoms with Gasteiger partial charge in [-0.05, 0) is 44.9 Å². The van der Waals surface area contributed by atoms with Crippen molar-refractivity contribution in [2.75, 3.05) is 0 Å². The number of carbonyl (C=O) groups is 1. The Morgan fingerprint density at radius 2 is 1.87 bits per heavy atom. The van der Waals surface area contributed by atoms with Crippen molar-refractivity contribution in [1.29, 1.82) is 0 Å². The minimum absolute atomic E-state index is 0.755. The first-order valence-electron chi connectivity index (χ1n) is 6.55. The summed E-state index contributed by atoms with van der Waals surface area (Å²) in [6, 6.07) is 0. The Kier molecular flexibility index (Phi) is 7.24. The summed E-state index contributed by atoms with van der Waals surface area (Å²) in [4.78, 5) is 10.1. The topological polar surface area (TPSA) is 17.1 Å². The summed E-state index contributed by atoms with van der Waals surface area (Å²) < 4.78 is 0. The summed E-state index contributed by atoms with van der Waals surface area (Å²) in [6.45, 7) is 0. The van der Waals surface area contributed by atoms with Crippen LogP contribution in [0.2, 0.25) is 0 Å². The fourth-order valence-electron chi connectivity index (χ4n) is 2.24. The molecule has 0 heterocycles. The SMILES string of the molecule is O=CCCCCCCCC1=CCCCC1. The first kappa shape index (κ1) is 12.5. The highest BCUT2D eigenvalue weighted by atomic mass is 16.1. The van der Waals surface area contributed by atoms with Crippen molar-refractivity contribution >= 4 is 6.29 Å². The first-order chi connectivity index (χ1) is 7.43. The molecule has 0 spiro atoms. The van der Waals surface area contributed by atoms with E-state index in [1.165, 1.54) is 57.8 Å². The lowest BCUT2D eigenvalue weighted by molar-refractivity contribution is -0.107. The fraction of sp³-hybridized carbons (Fsp3) is 0.786. The van der Waals surface area contributed by atoms with E-state index >= 15 is 0 Å². The summed E-state index contributed by atoms with van der Waals surface area (Å²) in [5.41, 5.74) is 1.70. The molecule has 0 saturated heterocycles. The van der Waals surface area contributed by atoms with Crippen LogP contribution in [-0.4, -0.2) is 6.29 Å². The van der Waals surface area contributed by atoms with Crippen LogP contribution in [0.25, 0.3) is 0 Å². The summed E-state index contributed by atoms with van der Waals surface area (Å²) >= 11 is 0. The number of hydrogen-bond acceptors (Lipinski definition) is 1. The Labute approximate surface area is 93.9 Å². The predicted molar refractivity (Wildman–Crippen MR) is 64.9 cm³/mol. The van der Waals surface area contributed by atoms with Crippen LogP contribution >= 0.6 is 0 Å². The van der Waals surface area contributed by atoms with Crippen molar-refractivity contribution < 1.29 is 4.79 Å². The molecule has 1 heteroatoms. The molecule has 0 bridgehead atoms. The molecule has 1 aliphatic rings. The van der Waals surface area contributed by atoms with Gasteiger partial charge in [0.05, 0.1) is 0 Å². The second kappa shape index (κ2) is 8.70. The molecule has 0 aliphatic heterocycles. The Morgan fingerprint density at radius 1 is 1.07 bits per heavy atom. The molecule has 15 heavy (non-hydrogen) atoms. The minimum Gasteiger partial charge on any atom is -0.303 e. The van der Waals surface area contributed by atoms with E-state index in [0.29, 0.717) is 0 Å². The van der Waals surface area contributed by atoms with Gasteiger partial charge in [-0.25, -0.2) is 0 Å². The average molecular weight is 208 g/mol. The van der Waals surface area contributed by atoms with Crippen molar-refractivity contribution in [3.8, 4) is 0 Å². The zero-order chi connectivity index (χ0) is 10.8. The van der Waals surface area contributed by atoms with Crippen LogP contribution in [0.1, 0.15) is 70.6 Å². The van der Waals surface area contributed by atoms with Crippen LogP contribution < -0.4 is 0 Å². The van der Waals surface area contributed by atoms with Crippen molar-refractivity contribution in [2.24, 2.45) is 0 Å². The molecule has 1 nitrogen and oxygen atoms in total. The van der Waals surface area contributed by atoms with Gasteiger partial charge in [-0.1, -0.05) is 30.9 Å². The van der Waals surface area contributed by atoms with Gasteiger partial charge in [-0.3, -0.25) is 0 Å². The highest BCUT2D eigenvalue weighted by Gasteiger charge is 2.02. The highest BCUT2D eigenvalue weighted by Crippen LogP contribution is 2.22. The Balaban J connectivity index is 1.88. The second-order valence-corrected chi connectivity index (χ2v) is 4.58. The fourth-order valence-corrected chi connectivity index (χ4v) is 2.24. The van der Waals surface area contributed by atoms with E-state index in [4.69, 9.17) is 0 Å². The summed E-state index contributed by atoms with van der Waals surface area (Å²) in [5.74, 6) is 0. The van der Waals surface area contributed by atoms with Crippen molar-refractivity contribution in [3.05, 3.63) is 11.6 Å². The van der Waals surface area contributed by atoms with Crippen LogP contribution in [0.15, 0.2) is 11.6 Å². The van der Waals surface area contributed by atoms with Gasteiger partial charge in [0.15, 0.2) is 0 Å². The molecular weight excluding hydrogens is 184 g/mol. The van der Waals surface area contributed by atoms with Gasteiger partial charge in [0, 0.05) is 6.42 Å². The van der Waals surface area contributed by atoms with Crippen LogP contribution in [0, 0.1) is 0 Å². The van der Waals surface area contributed by atoms with Crippen molar-refractivity contribution in [3.63, 3.8) is 0 Å². The smallest absolute Gasteiger partial charge is 0.119 e. The van der Waals surface area contributed by atoms with E-state index in [1.807, 2.05) is 0 Å². The number of aldehydes is 1. The molecule has 0 aromatic heterocycles. The molecule has 0 atom stereocenters. The zero-order valence-corrected chi connectivity index (χ0v) is 9.84. The lowest BCUT2D eigenvalue weighted by Crippen LogP contribution is -1.92. The first-order valence-corrected chi connectivity index (χ1v) is 6.55. The third kappa shape index (κ3) is 6.48. The molecule has 0 unspecified atom stereocenters. The van der Waals surface area contributed by atoms with Gasteiger partial charge in [-0.2, -0.15) is 0 Å². The molecule has 0 radical (unpaired) electrons. The van der Waals surface area contributed by atoms with E-state index in [9.17, 15) is 4.79 Å². The quantitative estimate of drug-likeness (QED) is 0.328. The highest BCUT2D eigenvalue weighted by molar-refractivity contribution is 5.48. The van der Waals surface area contributed by atoms with Crippen molar-refractivity contribution in [2.45, 2.75) is 70.6 Å². The molecule has 0 aromatic carbocycles. The monoisotopic (exact) mass is 208 g/mol. The largest absolute Gasteiger partial charge is 0.303 e. The lowest BCUT2D eigenvalue weighted by Gasteiger charge is -2.12. The van der Waals surface area contributed by atoms with E-state index in [2.05, 4.69) is 6.08 Å². The van der Waals surface area contributed by atoms with Gasteiger partial charge in [0.2, 0.25) is 0 Å². The van der Waals surface area contributed by atoms with Gasteiger partial charge >= 0.3 is 0 Å². The van der Waals surface area contributed by atoms with Crippen LogP contribution in [0.5, 0.6) is 0 Å². The third-order valence-electron chi connectivity index (χ3n) is 3.20. The van der Waals surface area contributed by atoms with Crippen LogP contribution in [-0.2, 0) is 4.79 Å². The molecule has 0 saturated carbocycles. The van der Waals surface area contributed by atoms with E-state index in [-0.39, 0.29) is 0 Å². The van der Waals surface area contributed by atoms with E-state index < -0.39 is 0 Å². The van der Waals surface area contributed by atoms with Crippen molar-refractivity contribution in [1.82, 2.24) is 0 Å². The number of hydrogen-bond donors (Lipinski definition) is 0. The third-order valence-corrected chi connectivity index (χ3v) is 3.20. The van der Waals surface area contributed by atoms with Gasteiger partial charge in [0.1, 0.15) is 6.29 Å². The summed E-state index contributed by atoms with van der Waals surface area (Å²) in [7, 11) is 0. The minimum atomic E-state index is 0.755. The summed E-state index contributed by atoms with van der Waals surface area (Å²) in [5, 5.41) is 0. The molecule has 0 fully saturated rings. The Bertz CT molecular complexity index is 194. The predicted octanol–water partition coefficient (Wildman–Crippen LogP) is 4.42. The molecular formula is C14H24O. The molecule has 0 amide bonds. The van der Waals surface area contributed by atoms with Crippen LogP contribution in [0.4, 0.5) is 0 Å². The lowest BCUT2D eigenvalue weighted by atomic mass is 9.95. The Hall–Kier alpha value is -0.590. The standard InChI is InChI=1S/C14H24O/c15-13-9-4-2-1-3-6-10-14-11-7-5-8-12-14/h11,13H,1-10,12H2. The maximum atomic E-state index is 10.1. The van der Waals surface area contributed by atoms with Gasteiger partial charge in [0.25, 0.3) is 0 Å². The molecule has 86 valence electrons. The molecule has 0 N–H and O–H groups in total. The normalized spacial score (nSPS) is 16.1. The number of carbonyl (C=O) groups excluding carboxylic acids is 1. The number of unbranched alkanes of at least 4 members (excludes halogenated alkanes) is 5. The second-order valence-electron chi connectivity index (χ2n) is 4.58. The maximum absolute atomic E-state index is 10.1. The van der Waals surface area contributed by atoms with E-state index in [1.54, 1.807) is 5.57 Å². The molecule has 1 rings (SSSR count).